The van der Waals surface area contributed by atoms with E-state index in [9.17, 15) is 0 Å². The fourth-order valence-corrected chi connectivity index (χ4v) is 3.97. The van der Waals surface area contributed by atoms with Crippen molar-refractivity contribution in [3.63, 3.8) is 0 Å². The van der Waals surface area contributed by atoms with Gasteiger partial charge in [0.2, 0.25) is 0 Å². The van der Waals surface area contributed by atoms with Crippen LogP contribution in [-0.4, -0.2) is 49.3 Å². The van der Waals surface area contributed by atoms with Gasteiger partial charge in [0, 0.05) is 25.7 Å². The lowest BCUT2D eigenvalue weighted by molar-refractivity contribution is -0.0727. The minimum atomic E-state index is 0.395. The van der Waals surface area contributed by atoms with E-state index in [1.165, 1.54) is 51.6 Å². The minimum Gasteiger partial charge on any atom is -0.373 e. The smallest absolute Gasteiger partial charge is 0.0678 e. The first kappa shape index (κ1) is 16.3. The third-order valence-electron chi connectivity index (χ3n) is 4.80. The van der Waals surface area contributed by atoms with Crippen molar-refractivity contribution >= 4 is 0 Å². The lowest BCUT2D eigenvalue weighted by Gasteiger charge is -2.39. The van der Waals surface area contributed by atoms with Crippen LogP contribution in [0.2, 0.25) is 0 Å². The van der Waals surface area contributed by atoms with Gasteiger partial charge >= 0.3 is 0 Å². The van der Waals surface area contributed by atoms with Gasteiger partial charge in [0.25, 0.3) is 0 Å². The topological polar surface area (TPSA) is 24.5 Å². The number of nitrogens with zero attached hydrogens (tertiary/aromatic N) is 1. The Labute approximate surface area is 125 Å². The van der Waals surface area contributed by atoms with Crippen molar-refractivity contribution < 1.29 is 4.74 Å². The zero-order valence-electron chi connectivity index (χ0n) is 13.7. The molecule has 1 heterocycles. The van der Waals surface area contributed by atoms with E-state index in [1.807, 2.05) is 0 Å². The predicted octanol–water partition coefficient (Wildman–Crippen LogP) is 3.04. The Balaban J connectivity index is 1.89. The van der Waals surface area contributed by atoms with Crippen LogP contribution < -0.4 is 5.32 Å². The standard InChI is InChI=1S/C17H34N2O/c1-4-10-18-17-9-7-5-6-8-16(17)13-19-11-14(2)20-15(3)12-19/h14-18H,4-13H2,1-3H3/t14-,15+,16?,17?. The highest BCUT2D eigenvalue weighted by Crippen LogP contribution is 2.25. The first-order chi connectivity index (χ1) is 9.69. The van der Waals surface area contributed by atoms with Crippen molar-refractivity contribution in [1.82, 2.24) is 10.2 Å². The van der Waals surface area contributed by atoms with Crippen LogP contribution in [0.5, 0.6) is 0 Å². The zero-order chi connectivity index (χ0) is 14.4. The molecule has 0 bridgehead atoms. The van der Waals surface area contributed by atoms with Crippen LogP contribution in [0.4, 0.5) is 0 Å². The zero-order valence-corrected chi connectivity index (χ0v) is 13.7. The average molecular weight is 282 g/mol. The van der Waals surface area contributed by atoms with Crippen LogP contribution in [0, 0.1) is 5.92 Å². The normalized spacial score (nSPS) is 36.8. The SMILES string of the molecule is CCCNC1CCCCCC1CN1C[C@@H](C)O[C@@H](C)C1. The first-order valence-corrected chi connectivity index (χ1v) is 8.80. The number of hydrogen-bond acceptors (Lipinski definition) is 3. The summed E-state index contributed by atoms with van der Waals surface area (Å²) in [5.74, 6) is 0.835. The molecule has 2 fully saturated rings. The average Bonchev–Trinajstić information content (AvgIpc) is 2.60. The van der Waals surface area contributed by atoms with Gasteiger partial charge in [-0.25, -0.2) is 0 Å². The summed E-state index contributed by atoms with van der Waals surface area (Å²) in [7, 11) is 0. The van der Waals surface area contributed by atoms with Crippen molar-refractivity contribution in [2.24, 2.45) is 5.92 Å². The molecule has 1 saturated heterocycles. The first-order valence-electron chi connectivity index (χ1n) is 8.80. The number of rotatable bonds is 5. The predicted molar refractivity (Wildman–Crippen MR) is 85.1 cm³/mol. The molecule has 1 aliphatic carbocycles. The second kappa shape index (κ2) is 8.35. The summed E-state index contributed by atoms with van der Waals surface area (Å²) >= 11 is 0. The van der Waals surface area contributed by atoms with Gasteiger partial charge in [-0.15, -0.1) is 0 Å². The molecule has 20 heavy (non-hydrogen) atoms. The molecule has 0 aromatic heterocycles. The number of hydrogen-bond donors (Lipinski definition) is 1. The van der Waals surface area contributed by atoms with Crippen molar-refractivity contribution in [3.05, 3.63) is 0 Å². The van der Waals surface area contributed by atoms with Crippen LogP contribution in [0.25, 0.3) is 0 Å². The van der Waals surface area contributed by atoms with E-state index < -0.39 is 0 Å². The quantitative estimate of drug-likeness (QED) is 0.784. The second-order valence-corrected chi connectivity index (χ2v) is 6.93. The van der Waals surface area contributed by atoms with E-state index in [1.54, 1.807) is 0 Å². The number of morpholine rings is 1. The van der Waals surface area contributed by atoms with Crippen LogP contribution in [0.15, 0.2) is 0 Å². The Morgan fingerprint density at radius 1 is 1.05 bits per heavy atom. The summed E-state index contributed by atoms with van der Waals surface area (Å²) in [4.78, 5) is 2.65. The Kier molecular flexibility index (Phi) is 6.79. The van der Waals surface area contributed by atoms with Crippen LogP contribution in [0.3, 0.4) is 0 Å². The minimum absolute atomic E-state index is 0.395. The summed E-state index contributed by atoms with van der Waals surface area (Å²) in [5.41, 5.74) is 0. The summed E-state index contributed by atoms with van der Waals surface area (Å²) < 4.78 is 5.86. The molecule has 3 nitrogen and oxygen atoms in total. The maximum absolute atomic E-state index is 5.86. The molecule has 1 aliphatic heterocycles. The molecule has 0 aromatic carbocycles. The molecule has 118 valence electrons. The Morgan fingerprint density at radius 3 is 2.45 bits per heavy atom. The Bertz CT molecular complexity index is 262. The fraction of sp³-hybridized carbons (Fsp3) is 1.00. The molecular weight excluding hydrogens is 248 g/mol. The molecule has 2 rings (SSSR count). The second-order valence-electron chi connectivity index (χ2n) is 6.93. The van der Waals surface area contributed by atoms with Crippen molar-refractivity contribution in [2.75, 3.05) is 26.2 Å². The van der Waals surface area contributed by atoms with Gasteiger partial charge in [-0.1, -0.05) is 26.2 Å². The van der Waals surface area contributed by atoms with Crippen LogP contribution in [0.1, 0.15) is 59.3 Å². The maximum atomic E-state index is 5.86. The molecule has 2 unspecified atom stereocenters. The molecule has 0 spiro atoms. The van der Waals surface area contributed by atoms with Gasteiger partial charge in [-0.3, -0.25) is 4.90 Å². The van der Waals surface area contributed by atoms with E-state index in [-0.39, 0.29) is 0 Å². The van der Waals surface area contributed by atoms with Gasteiger partial charge in [0.1, 0.15) is 0 Å². The Hall–Kier alpha value is -0.120. The monoisotopic (exact) mass is 282 g/mol. The largest absolute Gasteiger partial charge is 0.373 e. The van der Waals surface area contributed by atoms with Gasteiger partial charge < -0.3 is 10.1 Å². The van der Waals surface area contributed by atoms with Crippen LogP contribution in [-0.2, 0) is 4.74 Å². The van der Waals surface area contributed by atoms with E-state index in [0.29, 0.717) is 12.2 Å². The van der Waals surface area contributed by atoms with Crippen molar-refractivity contribution in [1.29, 1.82) is 0 Å². The molecule has 0 amide bonds. The summed E-state index contributed by atoms with van der Waals surface area (Å²) in [6, 6.07) is 0.742. The lowest BCUT2D eigenvalue weighted by Crippen LogP contribution is -2.50. The van der Waals surface area contributed by atoms with E-state index >= 15 is 0 Å². The molecule has 0 aromatic rings. The van der Waals surface area contributed by atoms with E-state index in [4.69, 9.17) is 4.74 Å². The molecular formula is C17H34N2O. The van der Waals surface area contributed by atoms with E-state index in [2.05, 4.69) is 31.0 Å². The van der Waals surface area contributed by atoms with E-state index in [0.717, 1.165) is 25.0 Å². The van der Waals surface area contributed by atoms with Crippen LogP contribution >= 0.6 is 0 Å². The Morgan fingerprint density at radius 2 is 1.75 bits per heavy atom. The molecule has 1 N–H and O–H groups in total. The third-order valence-corrected chi connectivity index (χ3v) is 4.80. The molecule has 4 atom stereocenters. The van der Waals surface area contributed by atoms with Crippen molar-refractivity contribution in [3.8, 4) is 0 Å². The molecule has 0 radical (unpaired) electrons. The number of ether oxygens (including phenoxy) is 1. The summed E-state index contributed by atoms with van der Waals surface area (Å²) in [5, 5.41) is 3.82. The number of nitrogens with one attached hydrogen (secondary N) is 1. The molecule has 3 heteroatoms. The summed E-state index contributed by atoms with van der Waals surface area (Å²) in [6.45, 7) is 11.4. The van der Waals surface area contributed by atoms with Gasteiger partial charge in [-0.2, -0.15) is 0 Å². The molecule has 1 saturated carbocycles. The maximum Gasteiger partial charge on any atom is 0.0678 e. The van der Waals surface area contributed by atoms with Gasteiger partial charge in [0.05, 0.1) is 12.2 Å². The third kappa shape index (κ3) is 5.01. The van der Waals surface area contributed by atoms with Gasteiger partial charge in [-0.05, 0) is 45.6 Å². The highest BCUT2D eigenvalue weighted by molar-refractivity contribution is 4.84. The fourth-order valence-electron chi connectivity index (χ4n) is 3.97. The van der Waals surface area contributed by atoms with Gasteiger partial charge in [0.15, 0.2) is 0 Å². The lowest BCUT2D eigenvalue weighted by atomic mass is 9.93. The molecule has 2 aliphatic rings. The highest BCUT2D eigenvalue weighted by Gasteiger charge is 2.28. The summed E-state index contributed by atoms with van der Waals surface area (Å²) in [6.07, 6.45) is 9.07. The highest BCUT2D eigenvalue weighted by atomic mass is 16.5. The van der Waals surface area contributed by atoms with Crippen molar-refractivity contribution in [2.45, 2.75) is 77.5 Å².